The Morgan fingerprint density at radius 1 is 1.45 bits per heavy atom. The van der Waals surface area contributed by atoms with Crippen LogP contribution in [0.25, 0.3) is 0 Å². The molecule has 0 spiro atoms. The van der Waals surface area contributed by atoms with Crippen molar-refractivity contribution >= 4 is 21.6 Å². The quantitative estimate of drug-likeness (QED) is 0.573. The highest BCUT2D eigenvalue weighted by Gasteiger charge is 2.23. The van der Waals surface area contributed by atoms with Gasteiger partial charge in [-0.05, 0) is 66.1 Å². The second kappa shape index (κ2) is 7.99. The Labute approximate surface area is 130 Å². The minimum absolute atomic E-state index is 0.663. The van der Waals surface area contributed by atoms with E-state index in [2.05, 4.69) is 38.8 Å². The Morgan fingerprint density at radius 2 is 2.30 bits per heavy atom. The standard InChI is InChI=1S/C16H25BrN2O/c1-3-14-8-4-5-9-19(14)15-11-13(7-6-10-20-2)12-18-16(15)17/h11-12,14H,3-10H2,1-2H3. The first-order valence-electron chi connectivity index (χ1n) is 7.66. The molecule has 1 saturated heterocycles. The van der Waals surface area contributed by atoms with Gasteiger partial charge in [-0.3, -0.25) is 0 Å². The Kier molecular flexibility index (Phi) is 6.30. The molecule has 0 bridgehead atoms. The summed E-state index contributed by atoms with van der Waals surface area (Å²) >= 11 is 3.63. The van der Waals surface area contributed by atoms with E-state index in [1.54, 1.807) is 7.11 Å². The van der Waals surface area contributed by atoms with Crippen LogP contribution in [0.1, 0.15) is 44.6 Å². The Hall–Kier alpha value is -0.610. The Bertz CT molecular complexity index is 425. The number of aromatic nitrogens is 1. The third kappa shape index (κ3) is 3.95. The summed E-state index contributed by atoms with van der Waals surface area (Å²) in [5, 5.41) is 0. The van der Waals surface area contributed by atoms with E-state index in [1.165, 1.54) is 36.9 Å². The second-order valence-electron chi connectivity index (χ2n) is 5.50. The van der Waals surface area contributed by atoms with Gasteiger partial charge in [-0.25, -0.2) is 4.98 Å². The molecule has 0 radical (unpaired) electrons. The van der Waals surface area contributed by atoms with Gasteiger partial charge >= 0.3 is 0 Å². The van der Waals surface area contributed by atoms with Crippen LogP contribution in [0.5, 0.6) is 0 Å². The zero-order chi connectivity index (χ0) is 14.4. The summed E-state index contributed by atoms with van der Waals surface area (Å²) < 4.78 is 6.11. The number of anilines is 1. The first kappa shape index (κ1) is 15.8. The van der Waals surface area contributed by atoms with Gasteiger partial charge in [-0.2, -0.15) is 0 Å². The molecule has 20 heavy (non-hydrogen) atoms. The predicted molar refractivity (Wildman–Crippen MR) is 87.4 cm³/mol. The number of nitrogens with zero attached hydrogens (tertiary/aromatic N) is 2. The fraction of sp³-hybridized carbons (Fsp3) is 0.688. The van der Waals surface area contributed by atoms with Gasteiger partial charge in [0.05, 0.1) is 5.69 Å². The van der Waals surface area contributed by atoms with Crippen LogP contribution in [0, 0.1) is 0 Å². The molecule has 1 aromatic rings. The third-order valence-corrected chi connectivity index (χ3v) is 4.71. The molecule has 3 nitrogen and oxygen atoms in total. The van der Waals surface area contributed by atoms with Crippen molar-refractivity contribution in [2.24, 2.45) is 0 Å². The van der Waals surface area contributed by atoms with Crippen LogP contribution >= 0.6 is 15.9 Å². The maximum absolute atomic E-state index is 5.13. The van der Waals surface area contributed by atoms with Gasteiger partial charge in [-0.15, -0.1) is 0 Å². The summed E-state index contributed by atoms with van der Waals surface area (Å²) in [6, 6.07) is 2.97. The van der Waals surface area contributed by atoms with Crippen LogP contribution < -0.4 is 4.90 Å². The molecule has 1 unspecified atom stereocenters. The molecule has 0 amide bonds. The second-order valence-corrected chi connectivity index (χ2v) is 6.25. The van der Waals surface area contributed by atoms with Crippen molar-refractivity contribution in [1.29, 1.82) is 0 Å². The average molecular weight is 341 g/mol. The smallest absolute Gasteiger partial charge is 0.129 e. The molecule has 0 aliphatic carbocycles. The number of hydrogen-bond donors (Lipinski definition) is 0. The number of halogens is 1. The highest BCUT2D eigenvalue weighted by molar-refractivity contribution is 9.10. The average Bonchev–Trinajstić information content (AvgIpc) is 2.49. The minimum atomic E-state index is 0.663. The Balaban J connectivity index is 2.14. The van der Waals surface area contributed by atoms with Crippen LogP contribution in [0.2, 0.25) is 0 Å². The third-order valence-electron chi connectivity index (χ3n) is 4.10. The van der Waals surface area contributed by atoms with E-state index in [0.717, 1.165) is 30.6 Å². The lowest BCUT2D eigenvalue weighted by atomic mass is 9.99. The summed E-state index contributed by atoms with van der Waals surface area (Å²) in [4.78, 5) is 7.08. The fourth-order valence-corrected chi connectivity index (χ4v) is 3.42. The lowest BCUT2D eigenvalue weighted by Gasteiger charge is -2.37. The first-order valence-corrected chi connectivity index (χ1v) is 8.45. The van der Waals surface area contributed by atoms with E-state index in [4.69, 9.17) is 4.74 Å². The molecule has 112 valence electrons. The number of ether oxygens (including phenoxy) is 1. The predicted octanol–water partition coefficient (Wildman–Crippen LogP) is 4.19. The number of hydrogen-bond acceptors (Lipinski definition) is 3. The number of aryl methyl sites for hydroxylation is 1. The highest BCUT2D eigenvalue weighted by atomic mass is 79.9. The van der Waals surface area contributed by atoms with Crippen molar-refractivity contribution in [1.82, 2.24) is 4.98 Å². The molecule has 0 N–H and O–H groups in total. The van der Waals surface area contributed by atoms with Crippen molar-refractivity contribution in [3.63, 3.8) is 0 Å². The molecule has 0 aromatic carbocycles. The van der Waals surface area contributed by atoms with Gasteiger partial charge in [0.15, 0.2) is 0 Å². The van der Waals surface area contributed by atoms with Crippen molar-refractivity contribution < 1.29 is 4.74 Å². The number of methoxy groups -OCH3 is 1. The summed E-state index contributed by atoms with van der Waals surface area (Å²) in [6.45, 7) is 4.25. The number of rotatable bonds is 6. The van der Waals surface area contributed by atoms with Crippen LogP contribution in [-0.2, 0) is 11.2 Å². The van der Waals surface area contributed by atoms with Gasteiger partial charge in [-0.1, -0.05) is 6.92 Å². The van der Waals surface area contributed by atoms with Gasteiger partial charge < -0.3 is 9.64 Å². The van der Waals surface area contributed by atoms with Crippen molar-refractivity contribution in [2.75, 3.05) is 25.2 Å². The summed E-state index contributed by atoms with van der Waals surface area (Å²) in [5.41, 5.74) is 2.58. The topological polar surface area (TPSA) is 25.4 Å². The molecule has 1 aliphatic rings. The molecule has 1 aliphatic heterocycles. The highest BCUT2D eigenvalue weighted by Crippen LogP contribution is 2.32. The van der Waals surface area contributed by atoms with Crippen LogP contribution in [-0.4, -0.2) is 31.3 Å². The molecule has 2 rings (SSSR count). The minimum Gasteiger partial charge on any atom is -0.385 e. The van der Waals surface area contributed by atoms with Crippen LogP contribution in [0.15, 0.2) is 16.9 Å². The van der Waals surface area contributed by atoms with E-state index in [9.17, 15) is 0 Å². The normalized spacial score (nSPS) is 19.4. The zero-order valence-corrected chi connectivity index (χ0v) is 14.2. The zero-order valence-electron chi connectivity index (χ0n) is 12.6. The van der Waals surface area contributed by atoms with Crippen LogP contribution in [0.4, 0.5) is 5.69 Å². The SMILES string of the molecule is CCC1CCCCN1c1cc(CCCOC)cnc1Br. The summed E-state index contributed by atoms with van der Waals surface area (Å²) in [7, 11) is 1.75. The van der Waals surface area contributed by atoms with Gasteiger partial charge in [0, 0.05) is 32.5 Å². The molecule has 4 heteroatoms. The molecular formula is C16H25BrN2O. The van der Waals surface area contributed by atoms with E-state index in [-0.39, 0.29) is 0 Å². The van der Waals surface area contributed by atoms with Crippen LogP contribution in [0.3, 0.4) is 0 Å². The Morgan fingerprint density at radius 3 is 3.05 bits per heavy atom. The summed E-state index contributed by atoms with van der Waals surface area (Å²) in [5.74, 6) is 0. The van der Waals surface area contributed by atoms with Gasteiger partial charge in [0.2, 0.25) is 0 Å². The van der Waals surface area contributed by atoms with E-state index >= 15 is 0 Å². The first-order chi connectivity index (χ1) is 9.76. The maximum Gasteiger partial charge on any atom is 0.129 e. The molecular weight excluding hydrogens is 316 g/mol. The lowest BCUT2D eigenvalue weighted by Crippen LogP contribution is -2.39. The van der Waals surface area contributed by atoms with Gasteiger partial charge in [0.25, 0.3) is 0 Å². The maximum atomic E-state index is 5.13. The fourth-order valence-electron chi connectivity index (χ4n) is 2.98. The number of piperidine rings is 1. The largest absolute Gasteiger partial charge is 0.385 e. The van der Waals surface area contributed by atoms with Gasteiger partial charge in [0.1, 0.15) is 4.60 Å². The van der Waals surface area contributed by atoms with Crippen molar-refractivity contribution in [3.8, 4) is 0 Å². The van der Waals surface area contributed by atoms with E-state index in [0.29, 0.717) is 6.04 Å². The van der Waals surface area contributed by atoms with E-state index < -0.39 is 0 Å². The molecule has 1 atom stereocenters. The van der Waals surface area contributed by atoms with Crippen molar-refractivity contribution in [3.05, 3.63) is 22.4 Å². The van der Waals surface area contributed by atoms with E-state index in [1.807, 2.05) is 6.20 Å². The number of pyridine rings is 1. The monoisotopic (exact) mass is 340 g/mol. The molecule has 0 saturated carbocycles. The molecule has 2 heterocycles. The van der Waals surface area contributed by atoms with Crippen molar-refractivity contribution in [2.45, 2.75) is 51.5 Å². The summed E-state index contributed by atoms with van der Waals surface area (Å²) in [6.07, 6.45) is 9.22. The lowest BCUT2D eigenvalue weighted by molar-refractivity contribution is 0.195. The molecule has 1 fully saturated rings. The molecule has 1 aromatic heterocycles.